The summed E-state index contributed by atoms with van der Waals surface area (Å²) in [6.07, 6.45) is 5.73. The van der Waals surface area contributed by atoms with Crippen molar-refractivity contribution in [3.63, 3.8) is 0 Å². The highest BCUT2D eigenvalue weighted by Gasteiger charge is 2.08. The number of nitrogens with zero attached hydrogens (tertiary/aromatic N) is 1. The summed E-state index contributed by atoms with van der Waals surface area (Å²) in [5, 5.41) is 8.56. The lowest BCUT2D eigenvalue weighted by atomic mass is 10.1. The number of hydrogen-bond donors (Lipinski definition) is 1. The summed E-state index contributed by atoms with van der Waals surface area (Å²) in [5.41, 5.74) is 0. The van der Waals surface area contributed by atoms with Crippen LogP contribution in [0, 0.1) is 6.42 Å². The molecule has 59 valence electrons. The van der Waals surface area contributed by atoms with Gasteiger partial charge in [0.05, 0.1) is 0 Å². The van der Waals surface area contributed by atoms with Crippen molar-refractivity contribution < 1.29 is 5.11 Å². The number of aliphatic hydroxyl groups excluding tert-OH is 1. The topological polar surface area (TPSA) is 23.5 Å². The Morgan fingerprint density at radius 2 is 2.00 bits per heavy atom. The molecule has 0 amide bonds. The van der Waals surface area contributed by atoms with Gasteiger partial charge in [-0.05, 0) is 38.8 Å². The van der Waals surface area contributed by atoms with Crippen molar-refractivity contribution in [2.24, 2.45) is 0 Å². The highest BCUT2D eigenvalue weighted by atomic mass is 16.3. The Morgan fingerprint density at radius 3 is 2.60 bits per heavy atom. The Bertz CT molecular complexity index is 79.3. The molecule has 0 aliphatic carbocycles. The summed E-state index contributed by atoms with van der Waals surface area (Å²) in [5.74, 6) is 0. The molecule has 1 aliphatic heterocycles. The van der Waals surface area contributed by atoms with Gasteiger partial charge in [0.15, 0.2) is 0 Å². The molecule has 0 bridgehead atoms. The first kappa shape index (κ1) is 8.02. The summed E-state index contributed by atoms with van der Waals surface area (Å²) < 4.78 is 0. The third kappa shape index (κ3) is 2.67. The Balaban J connectivity index is 2.02. The molecule has 0 aromatic carbocycles. The van der Waals surface area contributed by atoms with Gasteiger partial charge in [0.25, 0.3) is 0 Å². The van der Waals surface area contributed by atoms with E-state index in [2.05, 4.69) is 11.3 Å². The molecule has 0 atom stereocenters. The second-order valence-electron chi connectivity index (χ2n) is 2.78. The van der Waals surface area contributed by atoms with E-state index in [0.29, 0.717) is 6.61 Å². The Hall–Kier alpha value is -0.0800. The van der Waals surface area contributed by atoms with E-state index in [9.17, 15) is 0 Å². The molecular formula is C8H16NO. The normalized spacial score (nSPS) is 21.3. The molecule has 1 rings (SSSR count). The van der Waals surface area contributed by atoms with E-state index < -0.39 is 0 Å². The van der Waals surface area contributed by atoms with Crippen LogP contribution >= 0.6 is 0 Å². The molecule has 0 aromatic heterocycles. The number of hydrogen-bond acceptors (Lipinski definition) is 2. The van der Waals surface area contributed by atoms with Crippen LogP contribution in [-0.4, -0.2) is 36.2 Å². The van der Waals surface area contributed by atoms with E-state index in [0.717, 1.165) is 13.0 Å². The van der Waals surface area contributed by atoms with Gasteiger partial charge >= 0.3 is 0 Å². The molecule has 1 N–H and O–H groups in total. The molecule has 0 aromatic rings. The van der Waals surface area contributed by atoms with Crippen LogP contribution in [-0.2, 0) is 0 Å². The summed E-state index contributed by atoms with van der Waals surface area (Å²) in [4.78, 5) is 2.41. The molecule has 1 fully saturated rings. The zero-order chi connectivity index (χ0) is 7.23. The molecule has 1 saturated heterocycles. The van der Waals surface area contributed by atoms with E-state index in [4.69, 9.17) is 5.11 Å². The van der Waals surface area contributed by atoms with Crippen molar-refractivity contribution in [3.8, 4) is 0 Å². The zero-order valence-corrected chi connectivity index (χ0v) is 6.42. The highest BCUT2D eigenvalue weighted by Crippen LogP contribution is 2.07. The van der Waals surface area contributed by atoms with E-state index in [1.807, 2.05) is 0 Å². The van der Waals surface area contributed by atoms with Crippen LogP contribution in [0.5, 0.6) is 0 Å². The lowest BCUT2D eigenvalue weighted by molar-refractivity contribution is 0.213. The second-order valence-corrected chi connectivity index (χ2v) is 2.78. The van der Waals surface area contributed by atoms with E-state index >= 15 is 0 Å². The molecule has 1 heterocycles. The maximum absolute atomic E-state index is 8.56. The molecule has 10 heavy (non-hydrogen) atoms. The predicted molar refractivity (Wildman–Crippen MR) is 41.7 cm³/mol. The second kappa shape index (κ2) is 4.69. The van der Waals surface area contributed by atoms with E-state index in [1.54, 1.807) is 0 Å². The maximum Gasteiger partial charge on any atom is 0.0443 e. The Kier molecular flexibility index (Phi) is 3.76. The van der Waals surface area contributed by atoms with Crippen LogP contribution in [0.25, 0.3) is 0 Å². The maximum atomic E-state index is 8.56. The molecular weight excluding hydrogens is 126 g/mol. The van der Waals surface area contributed by atoms with Crippen LogP contribution < -0.4 is 0 Å². The van der Waals surface area contributed by atoms with Gasteiger partial charge in [0, 0.05) is 13.2 Å². The molecule has 0 spiro atoms. The largest absolute Gasteiger partial charge is 0.396 e. The lowest BCUT2D eigenvalue weighted by Gasteiger charge is -2.25. The van der Waals surface area contributed by atoms with Gasteiger partial charge in [0.1, 0.15) is 0 Å². The van der Waals surface area contributed by atoms with Gasteiger partial charge in [-0.25, -0.2) is 0 Å². The van der Waals surface area contributed by atoms with Crippen molar-refractivity contribution >= 4 is 0 Å². The minimum Gasteiger partial charge on any atom is -0.396 e. The minimum absolute atomic E-state index is 0.334. The SMILES string of the molecule is OCCCN1CC[CH]CC1. The fourth-order valence-electron chi connectivity index (χ4n) is 1.32. The smallest absolute Gasteiger partial charge is 0.0443 e. The highest BCUT2D eigenvalue weighted by molar-refractivity contribution is 4.75. The minimum atomic E-state index is 0.334. The number of likely N-dealkylation sites (tertiary alicyclic amines) is 1. The monoisotopic (exact) mass is 142 g/mol. The first-order valence-electron chi connectivity index (χ1n) is 4.08. The Morgan fingerprint density at radius 1 is 1.30 bits per heavy atom. The van der Waals surface area contributed by atoms with Gasteiger partial charge < -0.3 is 10.0 Å². The van der Waals surface area contributed by atoms with Crippen LogP contribution in [0.1, 0.15) is 19.3 Å². The van der Waals surface area contributed by atoms with Crippen LogP contribution in [0.3, 0.4) is 0 Å². The standard InChI is InChI=1S/C8H16NO/c10-8-4-7-9-5-2-1-3-6-9/h1,10H,2-8H2. The van der Waals surface area contributed by atoms with Crippen molar-refractivity contribution in [2.75, 3.05) is 26.2 Å². The zero-order valence-electron chi connectivity index (χ0n) is 6.42. The molecule has 2 heteroatoms. The molecule has 0 saturated carbocycles. The van der Waals surface area contributed by atoms with Gasteiger partial charge in [-0.3, -0.25) is 0 Å². The summed E-state index contributed by atoms with van der Waals surface area (Å²) in [6.45, 7) is 3.80. The van der Waals surface area contributed by atoms with Gasteiger partial charge in [-0.1, -0.05) is 0 Å². The Labute approximate surface area is 62.8 Å². The molecule has 2 nitrogen and oxygen atoms in total. The molecule has 1 radical (unpaired) electrons. The van der Waals surface area contributed by atoms with Crippen molar-refractivity contribution in [2.45, 2.75) is 19.3 Å². The summed E-state index contributed by atoms with van der Waals surface area (Å²) in [7, 11) is 0. The summed E-state index contributed by atoms with van der Waals surface area (Å²) in [6, 6.07) is 0. The third-order valence-corrected chi connectivity index (χ3v) is 1.93. The van der Waals surface area contributed by atoms with Gasteiger partial charge in [-0.2, -0.15) is 0 Å². The molecule has 1 aliphatic rings. The van der Waals surface area contributed by atoms with Crippen LogP contribution in [0.2, 0.25) is 0 Å². The molecule has 0 unspecified atom stereocenters. The van der Waals surface area contributed by atoms with Crippen molar-refractivity contribution in [3.05, 3.63) is 6.42 Å². The van der Waals surface area contributed by atoms with Gasteiger partial charge in [-0.15, -0.1) is 0 Å². The average molecular weight is 142 g/mol. The number of aliphatic hydroxyl groups is 1. The quantitative estimate of drug-likeness (QED) is 0.626. The third-order valence-electron chi connectivity index (χ3n) is 1.93. The van der Waals surface area contributed by atoms with Gasteiger partial charge in [0.2, 0.25) is 0 Å². The average Bonchev–Trinajstić information content (AvgIpc) is 2.03. The fourth-order valence-corrected chi connectivity index (χ4v) is 1.32. The lowest BCUT2D eigenvalue weighted by Crippen LogP contribution is -2.31. The van der Waals surface area contributed by atoms with Crippen LogP contribution in [0.4, 0.5) is 0 Å². The van der Waals surface area contributed by atoms with Crippen LogP contribution in [0.15, 0.2) is 0 Å². The van der Waals surface area contributed by atoms with Crippen molar-refractivity contribution in [1.82, 2.24) is 4.90 Å². The first-order chi connectivity index (χ1) is 4.93. The van der Waals surface area contributed by atoms with E-state index in [1.165, 1.54) is 25.9 Å². The fraction of sp³-hybridized carbons (Fsp3) is 0.875. The summed E-state index contributed by atoms with van der Waals surface area (Å²) >= 11 is 0. The van der Waals surface area contributed by atoms with E-state index in [-0.39, 0.29) is 0 Å². The predicted octanol–water partition coefficient (Wildman–Crippen LogP) is 0.669. The number of piperidine rings is 1. The number of rotatable bonds is 3. The van der Waals surface area contributed by atoms with Crippen molar-refractivity contribution in [1.29, 1.82) is 0 Å². The first-order valence-corrected chi connectivity index (χ1v) is 4.08.